The molecule has 0 aliphatic carbocycles. The van der Waals surface area contributed by atoms with Gasteiger partial charge in [0, 0.05) is 0 Å². The van der Waals surface area contributed by atoms with Gasteiger partial charge in [0.2, 0.25) is 0 Å². The summed E-state index contributed by atoms with van der Waals surface area (Å²) in [6.45, 7) is 1.33. The van der Waals surface area contributed by atoms with Gasteiger partial charge >= 0.3 is 12.4 Å². The molecule has 1 aromatic carbocycles. The van der Waals surface area contributed by atoms with E-state index in [1.807, 2.05) is 0 Å². The summed E-state index contributed by atoms with van der Waals surface area (Å²) in [5.74, 6) is -4.64. The van der Waals surface area contributed by atoms with Gasteiger partial charge in [-0.2, -0.15) is 26.3 Å². The predicted molar refractivity (Wildman–Crippen MR) is 53.7 cm³/mol. The third-order valence-corrected chi connectivity index (χ3v) is 2.65. The van der Waals surface area contributed by atoms with Crippen LogP contribution in [0.3, 0.4) is 0 Å². The lowest BCUT2D eigenvalue weighted by Crippen LogP contribution is -2.44. The number of nitrogens with two attached hydrogens (primary N) is 1. The third-order valence-electron chi connectivity index (χ3n) is 2.65. The molecule has 0 spiro atoms. The number of alkyl halides is 6. The minimum absolute atomic E-state index is 0.103. The average Bonchev–Trinajstić information content (AvgIpc) is 2.17. The molecule has 108 valence electrons. The van der Waals surface area contributed by atoms with Crippen molar-refractivity contribution in [1.82, 2.24) is 0 Å². The highest BCUT2D eigenvalue weighted by molar-refractivity contribution is 5.26. The van der Waals surface area contributed by atoms with Gasteiger partial charge in [-0.05, 0) is 24.1 Å². The van der Waals surface area contributed by atoms with Crippen LogP contribution in [0.15, 0.2) is 18.2 Å². The number of hydrogen-bond acceptors (Lipinski definition) is 1. The zero-order valence-corrected chi connectivity index (χ0v) is 9.61. The summed E-state index contributed by atoms with van der Waals surface area (Å²) >= 11 is 0. The van der Waals surface area contributed by atoms with Gasteiger partial charge in [-0.15, -0.1) is 0 Å². The largest absolute Gasteiger partial charge is 0.402 e. The Kier molecular flexibility index (Phi) is 4.14. The first kappa shape index (κ1) is 15.7. The molecule has 0 saturated heterocycles. The molecule has 0 aromatic heterocycles. The van der Waals surface area contributed by atoms with Crippen LogP contribution in [-0.2, 0) is 0 Å². The summed E-state index contributed by atoms with van der Waals surface area (Å²) in [4.78, 5) is 0. The summed E-state index contributed by atoms with van der Waals surface area (Å²) in [6.07, 6.45) is -11.1. The fourth-order valence-corrected chi connectivity index (χ4v) is 1.60. The van der Waals surface area contributed by atoms with Crippen molar-refractivity contribution in [2.75, 3.05) is 0 Å². The molecular weight excluding hydrogens is 279 g/mol. The van der Waals surface area contributed by atoms with Crippen molar-refractivity contribution < 1.29 is 30.7 Å². The van der Waals surface area contributed by atoms with E-state index >= 15 is 0 Å². The van der Waals surface area contributed by atoms with E-state index in [0.717, 1.165) is 12.1 Å². The fourth-order valence-electron chi connectivity index (χ4n) is 1.60. The lowest BCUT2D eigenvalue weighted by molar-refractivity contribution is -0.290. The second kappa shape index (κ2) is 4.99. The van der Waals surface area contributed by atoms with Gasteiger partial charge < -0.3 is 5.73 Å². The quantitative estimate of drug-likeness (QED) is 0.822. The van der Waals surface area contributed by atoms with Gasteiger partial charge in [-0.1, -0.05) is 12.1 Å². The molecule has 0 bridgehead atoms. The lowest BCUT2D eigenvalue weighted by atomic mass is 9.92. The van der Waals surface area contributed by atoms with Gasteiger partial charge in [-0.3, -0.25) is 0 Å². The summed E-state index contributed by atoms with van der Waals surface area (Å²) in [6, 6.07) is 0.210. The molecular formula is C11H10F7N. The lowest BCUT2D eigenvalue weighted by Gasteiger charge is -2.28. The van der Waals surface area contributed by atoms with E-state index in [0.29, 0.717) is 6.07 Å². The Morgan fingerprint density at radius 3 is 1.84 bits per heavy atom. The van der Waals surface area contributed by atoms with Crippen molar-refractivity contribution in [1.29, 1.82) is 0 Å². The van der Waals surface area contributed by atoms with Crippen LogP contribution in [0.4, 0.5) is 30.7 Å². The second-order valence-corrected chi connectivity index (χ2v) is 4.10. The Bertz CT molecular complexity index is 435. The maximum Gasteiger partial charge on any atom is 0.402 e. The van der Waals surface area contributed by atoms with Crippen LogP contribution in [0.1, 0.15) is 17.2 Å². The number of benzene rings is 1. The second-order valence-electron chi connectivity index (χ2n) is 4.10. The van der Waals surface area contributed by atoms with E-state index < -0.39 is 35.7 Å². The Labute approximate surface area is 104 Å². The van der Waals surface area contributed by atoms with Crippen molar-refractivity contribution in [2.24, 2.45) is 11.7 Å². The molecule has 8 heteroatoms. The van der Waals surface area contributed by atoms with Crippen LogP contribution >= 0.6 is 0 Å². The molecule has 2 N–H and O–H groups in total. The van der Waals surface area contributed by atoms with Crippen molar-refractivity contribution in [3.63, 3.8) is 0 Å². The maximum atomic E-state index is 13.2. The van der Waals surface area contributed by atoms with E-state index in [4.69, 9.17) is 5.73 Å². The normalized spacial score (nSPS) is 14.8. The number of halogens is 7. The first-order chi connectivity index (χ1) is 8.44. The molecule has 0 aliphatic rings. The maximum absolute atomic E-state index is 13.2. The highest BCUT2D eigenvalue weighted by Gasteiger charge is 2.59. The average molecular weight is 289 g/mol. The van der Waals surface area contributed by atoms with Crippen molar-refractivity contribution in [3.8, 4) is 0 Å². The number of aryl methyl sites for hydroxylation is 1. The molecule has 0 heterocycles. The molecule has 1 rings (SSSR count). The first-order valence-corrected chi connectivity index (χ1v) is 5.09. The van der Waals surface area contributed by atoms with Crippen LogP contribution < -0.4 is 5.73 Å². The van der Waals surface area contributed by atoms with E-state index in [1.54, 1.807) is 0 Å². The SMILES string of the molecule is Cc1ccc(C(N)C(C(F)(F)F)C(F)(F)F)cc1F. The summed E-state index contributed by atoms with van der Waals surface area (Å²) in [5, 5.41) is 0. The first-order valence-electron chi connectivity index (χ1n) is 5.09. The summed E-state index contributed by atoms with van der Waals surface area (Å²) in [5.41, 5.74) is 4.57. The molecule has 1 unspecified atom stereocenters. The van der Waals surface area contributed by atoms with Crippen molar-refractivity contribution in [2.45, 2.75) is 25.3 Å². The number of hydrogen-bond donors (Lipinski definition) is 1. The molecule has 0 aliphatic heterocycles. The molecule has 0 saturated carbocycles. The van der Waals surface area contributed by atoms with E-state index in [9.17, 15) is 30.7 Å². The molecule has 1 atom stereocenters. The standard InChI is InChI=1S/C11H10F7N/c1-5-2-3-6(4-7(5)12)8(19)9(10(13,14)15)11(16,17)18/h2-4,8-9H,19H2,1H3. The van der Waals surface area contributed by atoms with Crippen LogP contribution in [0.5, 0.6) is 0 Å². The predicted octanol–water partition coefficient (Wildman–Crippen LogP) is 3.87. The van der Waals surface area contributed by atoms with Crippen LogP contribution in [0.2, 0.25) is 0 Å². The molecule has 1 nitrogen and oxygen atoms in total. The molecule has 1 aromatic rings. The Morgan fingerprint density at radius 1 is 1.00 bits per heavy atom. The van der Waals surface area contributed by atoms with Gasteiger partial charge in [0.25, 0.3) is 0 Å². The van der Waals surface area contributed by atoms with E-state index in [2.05, 4.69) is 0 Å². The minimum Gasteiger partial charge on any atom is -0.323 e. The molecule has 0 amide bonds. The van der Waals surface area contributed by atoms with E-state index in [-0.39, 0.29) is 5.56 Å². The van der Waals surface area contributed by atoms with Gasteiger partial charge in [0.1, 0.15) is 5.82 Å². The third kappa shape index (κ3) is 3.59. The highest BCUT2D eigenvalue weighted by atomic mass is 19.4. The van der Waals surface area contributed by atoms with Crippen molar-refractivity contribution >= 4 is 0 Å². The fraction of sp³-hybridized carbons (Fsp3) is 0.455. The van der Waals surface area contributed by atoms with Gasteiger partial charge in [-0.25, -0.2) is 4.39 Å². The van der Waals surface area contributed by atoms with Gasteiger partial charge in [0.15, 0.2) is 5.92 Å². The summed E-state index contributed by atoms with van der Waals surface area (Å²) < 4.78 is 87.8. The molecule has 0 radical (unpaired) electrons. The topological polar surface area (TPSA) is 26.0 Å². The number of rotatable bonds is 2. The highest BCUT2D eigenvalue weighted by Crippen LogP contribution is 2.45. The Morgan fingerprint density at radius 2 is 1.47 bits per heavy atom. The Hall–Kier alpha value is -1.31. The van der Waals surface area contributed by atoms with Crippen LogP contribution in [0.25, 0.3) is 0 Å². The van der Waals surface area contributed by atoms with Crippen molar-refractivity contribution in [3.05, 3.63) is 35.1 Å². The molecule has 0 fully saturated rings. The van der Waals surface area contributed by atoms with Crippen LogP contribution in [-0.4, -0.2) is 12.4 Å². The smallest absolute Gasteiger partial charge is 0.323 e. The molecule has 19 heavy (non-hydrogen) atoms. The monoisotopic (exact) mass is 289 g/mol. The summed E-state index contributed by atoms with van der Waals surface area (Å²) in [7, 11) is 0. The van der Waals surface area contributed by atoms with E-state index in [1.165, 1.54) is 6.92 Å². The van der Waals surface area contributed by atoms with Gasteiger partial charge in [0.05, 0.1) is 6.04 Å². The zero-order valence-electron chi connectivity index (χ0n) is 9.61. The Balaban J connectivity index is 3.20. The minimum atomic E-state index is -5.56. The zero-order chi connectivity index (χ0) is 15.0. The van der Waals surface area contributed by atoms with Crippen LogP contribution in [0, 0.1) is 18.7 Å².